The first kappa shape index (κ1) is 22.4. The summed E-state index contributed by atoms with van der Waals surface area (Å²) in [6, 6.07) is 2.67. The van der Waals surface area contributed by atoms with Crippen molar-refractivity contribution in [2.24, 2.45) is 5.92 Å². The highest BCUT2D eigenvalue weighted by Crippen LogP contribution is 2.27. The van der Waals surface area contributed by atoms with Gasteiger partial charge in [0.1, 0.15) is 18.2 Å². The van der Waals surface area contributed by atoms with Crippen LogP contribution in [0.4, 0.5) is 22.0 Å². The average Bonchev–Trinajstić information content (AvgIpc) is 2.99. The standard InChI is InChI=1S/C17H18F5N3O4S/c18-12-2-1-3-13(19)15(12)30(28,29)25-6-4-23(5-7-25)16(27)11-8-14(26)24(9-11)10-17(20,21)22/h1-3,11H,4-10H2. The summed E-state index contributed by atoms with van der Waals surface area (Å²) in [5.74, 6) is -4.75. The molecule has 2 heterocycles. The maximum atomic E-state index is 13.9. The van der Waals surface area contributed by atoms with Crippen molar-refractivity contribution >= 4 is 21.8 Å². The molecule has 166 valence electrons. The van der Waals surface area contributed by atoms with E-state index in [9.17, 15) is 40.0 Å². The van der Waals surface area contributed by atoms with Crippen LogP contribution < -0.4 is 0 Å². The summed E-state index contributed by atoms with van der Waals surface area (Å²) in [4.78, 5) is 25.1. The molecule has 0 spiro atoms. The van der Waals surface area contributed by atoms with Crippen LogP contribution in [0.2, 0.25) is 0 Å². The Kier molecular flexibility index (Phi) is 6.05. The monoisotopic (exact) mass is 455 g/mol. The second kappa shape index (κ2) is 8.10. The van der Waals surface area contributed by atoms with Crippen molar-refractivity contribution < 1.29 is 40.0 Å². The molecule has 1 aromatic rings. The Hall–Kier alpha value is -2.28. The van der Waals surface area contributed by atoms with Crippen LogP contribution in [-0.4, -0.2) is 79.8 Å². The fourth-order valence-electron chi connectivity index (χ4n) is 3.57. The van der Waals surface area contributed by atoms with Crippen LogP contribution in [0.25, 0.3) is 0 Å². The maximum Gasteiger partial charge on any atom is 0.406 e. The topological polar surface area (TPSA) is 78.0 Å². The number of alkyl halides is 3. The molecule has 30 heavy (non-hydrogen) atoms. The minimum absolute atomic E-state index is 0.113. The maximum absolute atomic E-state index is 13.9. The van der Waals surface area contributed by atoms with Gasteiger partial charge in [-0.2, -0.15) is 17.5 Å². The van der Waals surface area contributed by atoms with Crippen molar-refractivity contribution in [3.8, 4) is 0 Å². The highest BCUT2D eigenvalue weighted by atomic mass is 32.2. The van der Waals surface area contributed by atoms with E-state index in [1.807, 2.05) is 0 Å². The molecule has 13 heteroatoms. The lowest BCUT2D eigenvalue weighted by atomic mass is 10.1. The van der Waals surface area contributed by atoms with Gasteiger partial charge in [0.05, 0.1) is 5.92 Å². The molecule has 0 saturated carbocycles. The summed E-state index contributed by atoms with van der Waals surface area (Å²) < 4.78 is 91.3. The highest BCUT2D eigenvalue weighted by molar-refractivity contribution is 7.89. The van der Waals surface area contributed by atoms with Gasteiger partial charge in [0.2, 0.25) is 21.8 Å². The number of carbonyl (C=O) groups is 2. The van der Waals surface area contributed by atoms with E-state index in [-0.39, 0.29) is 39.1 Å². The first-order chi connectivity index (χ1) is 13.9. The zero-order chi connectivity index (χ0) is 22.3. The molecule has 0 bridgehead atoms. The molecule has 2 amide bonds. The number of sulfonamides is 1. The van der Waals surface area contributed by atoms with E-state index < -0.39 is 57.0 Å². The van der Waals surface area contributed by atoms with E-state index in [2.05, 4.69) is 0 Å². The van der Waals surface area contributed by atoms with Crippen molar-refractivity contribution in [3.63, 3.8) is 0 Å². The molecule has 0 radical (unpaired) electrons. The molecule has 2 saturated heterocycles. The van der Waals surface area contributed by atoms with Gasteiger partial charge in [-0.15, -0.1) is 0 Å². The first-order valence-corrected chi connectivity index (χ1v) is 10.4. The molecule has 0 aliphatic carbocycles. The second-order valence-electron chi connectivity index (χ2n) is 7.07. The molecule has 0 N–H and O–H groups in total. The van der Waals surface area contributed by atoms with Gasteiger partial charge in [0.15, 0.2) is 4.90 Å². The number of carbonyl (C=O) groups excluding carboxylic acids is 2. The summed E-state index contributed by atoms with van der Waals surface area (Å²) in [5, 5.41) is 0. The normalized spacial score (nSPS) is 21.4. The number of halogens is 5. The minimum atomic E-state index is -4.57. The Labute approximate surface area is 169 Å². The number of piperazine rings is 1. The molecule has 1 aromatic carbocycles. The van der Waals surface area contributed by atoms with Crippen LogP contribution in [0.3, 0.4) is 0 Å². The summed E-state index contributed by atoms with van der Waals surface area (Å²) >= 11 is 0. The smallest absolute Gasteiger partial charge is 0.340 e. The zero-order valence-electron chi connectivity index (χ0n) is 15.5. The third-order valence-corrected chi connectivity index (χ3v) is 6.95. The number of benzene rings is 1. The average molecular weight is 455 g/mol. The van der Waals surface area contributed by atoms with Crippen LogP contribution in [0, 0.1) is 17.6 Å². The Morgan fingerprint density at radius 2 is 1.63 bits per heavy atom. The van der Waals surface area contributed by atoms with Crippen LogP contribution >= 0.6 is 0 Å². The van der Waals surface area contributed by atoms with Gasteiger partial charge in [-0.3, -0.25) is 9.59 Å². The van der Waals surface area contributed by atoms with Gasteiger partial charge in [-0.05, 0) is 12.1 Å². The number of amides is 2. The lowest BCUT2D eigenvalue weighted by Gasteiger charge is -2.35. The first-order valence-electron chi connectivity index (χ1n) is 8.97. The van der Waals surface area contributed by atoms with Gasteiger partial charge in [0.25, 0.3) is 0 Å². The molecule has 2 aliphatic heterocycles. The zero-order valence-corrected chi connectivity index (χ0v) is 16.3. The third kappa shape index (κ3) is 4.56. The summed E-state index contributed by atoms with van der Waals surface area (Å²) in [7, 11) is -4.47. The van der Waals surface area contributed by atoms with Crippen molar-refractivity contribution in [3.05, 3.63) is 29.8 Å². The fraction of sp³-hybridized carbons (Fsp3) is 0.529. The number of rotatable bonds is 4. The van der Waals surface area contributed by atoms with Crippen molar-refractivity contribution in [1.82, 2.24) is 14.1 Å². The Balaban J connectivity index is 1.63. The molecule has 2 fully saturated rings. The Morgan fingerprint density at radius 1 is 1.07 bits per heavy atom. The molecular formula is C17H18F5N3O4S. The van der Waals surface area contributed by atoms with Crippen LogP contribution in [0.15, 0.2) is 23.1 Å². The SMILES string of the molecule is O=C1CC(C(=O)N2CCN(S(=O)(=O)c3c(F)cccc3F)CC2)CN1CC(F)(F)F. The van der Waals surface area contributed by atoms with E-state index in [1.165, 1.54) is 4.90 Å². The number of nitrogens with zero attached hydrogens (tertiary/aromatic N) is 3. The number of hydrogen-bond acceptors (Lipinski definition) is 4. The second-order valence-corrected chi connectivity index (χ2v) is 8.95. The lowest BCUT2D eigenvalue weighted by molar-refractivity contribution is -0.157. The van der Waals surface area contributed by atoms with Gasteiger partial charge in [-0.1, -0.05) is 6.07 Å². The Morgan fingerprint density at radius 3 is 2.17 bits per heavy atom. The third-order valence-electron chi connectivity index (χ3n) is 5.00. The van der Waals surface area contributed by atoms with Crippen LogP contribution in [-0.2, 0) is 19.6 Å². The minimum Gasteiger partial charge on any atom is -0.340 e. The number of likely N-dealkylation sites (tertiary alicyclic amines) is 1. The van der Waals surface area contributed by atoms with Gasteiger partial charge in [0, 0.05) is 39.1 Å². The van der Waals surface area contributed by atoms with Crippen molar-refractivity contribution in [2.45, 2.75) is 17.5 Å². The van der Waals surface area contributed by atoms with Crippen molar-refractivity contribution in [1.29, 1.82) is 0 Å². The molecule has 7 nitrogen and oxygen atoms in total. The van der Waals surface area contributed by atoms with E-state index in [0.29, 0.717) is 4.90 Å². The van der Waals surface area contributed by atoms with Gasteiger partial charge in [-0.25, -0.2) is 17.2 Å². The lowest BCUT2D eigenvalue weighted by Crippen LogP contribution is -2.52. The summed E-state index contributed by atoms with van der Waals surface area (Å²) in [5.41, 5.74) is 0. The largest absolute Gasteiger partial charge is 0.406 e. The summed E-state index contributed by atoms with van der Waals surface area (Å²) in [6.07, 6.45) is -4.93. The number of hydrogen-bond donors (Lipinski definition) is 0. The van der Waals surface area contributed by atoms with Crippen LogP contribution in [0.1, 0.15) is 6.42 Å². The molecule has 1 unspecified atom stereocenters. The van der Waals surface area contributed by atoms with Gasteiger partial charge < -0.3 is 9.80 Å². The predicted octanol–water partition coefficient (Wildman–Crippen LogP) is 1.21. The quantitative estimate of drug-likeness (QED) is 0.640. The van der Waals surface area contributed by atoms with E-state index in [4.69, 9.17) is 0 Å². The fourth-order valence-corrected chi connectivity index (χ4v) is 5.10. The van der Waals surface area contributed by atoms with E-state index in [1.54, 1.807) is 0 Å². The molecule has 0 aromatic heterocycles. The molecule has 2 aliphatic rings. The molecule has 1 atom stereocenters. The Bertz CT molecular complexity index is 925. The van der Waals surface area contributed by atoms with Crippen LogP contribution in [0.5, 0.6) is 0 Å². The van der Waals surface area contributed by atoms with Gasteiger partial charge >= 0.3 is 6.18 Å². The van der Waals surface area contributed by atoms with E-state index >= 15 is 0 Å². The van der Waals surface area contributed by atoms with E-state index in [0.717, 1.165) is 22.5 Å². The molecular weight excluding hydrogens is 437 g/mol. The predicted molar refractivity (Wildman–Crippen MR) is 92.4 cm³/mol. The highest BCUT2D eigenvalue weighted by Gasteiger charge is 2.42. The van der Waals surface area contributed by atoms with Crippen molar-refractivity contribution in [2.75, 3.05) is 39.3 Å². The molecule has 3 rings (SSSR count). The summed E-state index contributed by atoms with van der Waals surface area (Å²) in [6.45, 7) is -2.51.